The highest BCUT2D eigenvalue weighted by atomic mass is 16.4. The van der Waals surface area contributed by atoms with Crippen LogP contribution < -0.4 is 33.6 Å². The zero-order valence-electron chi connectivity index (χ0n) is 21.8. The molecule has 0 spiro atoms. The topological polar surface area (TPSA) is 249 Å². The Labute approximate surface area is 226 Å². The van der Waals surface area contributed by atoms with E-state index in [0.29, 0.717) is 25.8 Å². The van der Waals surface area contributed by atoms with Crippen LogP contribution in [0.5, 0.6) is 0 Å². The summed E-state index contributed by atoms with van der Waals surface area (Å²) in [4.78, 5) is 67.4. The lowest BCUT2D eigenvalue weighted by Crippen LogP contribution is -2.57. The number of carboxylic acids is 1. The van der Waals surface area contributed by atoms with Crippen molar-refractivity contribution in [2.24, 2.45) is 27.9 Å². The van der Waals surface area contributed by atoms with Gasteiger partial charge in [0.15, 0.2) is 5.96 Å². The van der Waals surface area contributed by atoms with Gasteiger partial charge in [0.1, 0.15) is 18.1 Å². The Morgan fingerprint density at radius 2 is 1.72 bits per heavy atom. The van der Waals surface area contributed by atoms with Crippen LogP contribution in [0.3, 0.4) is 0 Å². The predicted octanol–water partition coefficient (Wildman–Crippen LogP) is -2.08. The van der Waals surface area contributed by atoms with E-state index in [1.54, 1.807) is 12.1 Å². The maximum absolute atomic E-state index is 13.7. The quantitative estimate of drug-likeness (QED) is 0.0723. The highest BCUT2D eigenvalue weighted by Crippen LogP contribution is 2.20. The van der Waals surface area contributed by atoms with E-state index in [9.17, 15) is 29.1 Å². The Balaban J connectivity index is 2.14. The highest BCUT2D eigenvalue weighted by Gasteiger charge is 2.39. The van der Waals surface area contributed by atoms with E-state index >= 15 is 0 Å². The third-order valence-electron chi connectivity index (χ3n) is 6.33. The number of hydrogen-bond acceptors (Lipinski definition) is 7. The summed E-state index contributed by atoms with van der Waals surface area (Å²) in [6, 6.07) is 4.86. The van der Waals surface area contributed by atoms with Crippen LogP contribution in [-0.4, -0.2) is 82.8 Å². The van der Waals surface area contributed by atoms with Crippen molar-refractivity contribution >= 4 is 35.6 Å². The van der Waals surface area contributed by atoms with Gasteiger partial charge < -0.3 is 43.6 Å². The monoisotopic (exact) mass is 546 g/mol. The van der Waals surface area contributed by atoms with Gasteiger partial charge in [0, 0.05) is 25.9 Å². The van der Waals surface area contributed by atoms with E-state index in [1.807, 2.05) is 18.2 Å². The Hall–Kier alpha value is -4.20. The minimum Gasteiger partial charge on any atom is -0.480 e. The van der Waals surface area contributed by atoms with E-state index < -0.39 is 53.8 Å². The highest BCUT2D eigenvalue weighted by molar-refractivity contribution is 5.94. The average Bonchev–Trinajstić information content (AvgIpc) is 3.38. The number of aliphatic imine (C=N–C) groups is 1. The van der Waals surface area contributed by atoms with E-state index in [-0.39, 0.29) is 38.2 Å². The third kappa shape index (κ3) is 10.2. The molecule has 1 aliphatic heterocycles. The van der Waals surface area contributed by atoms with Gasteiger partial charge in [-0.3, -0.25) is 24.2 Å². The molecule has 39 heavy (non-hydrogen) atoms. The number of amides is 4. The molecule has 4 unspecified atom stereocenters. The molecule has 214 valence electrons. The normalized spacial score (nSPS) is 16.9. The van der Waals surface area contributed by atoms with Gasteiger partial charge in [-0.25, -0.2) is 4.79 Å². The second-order valence-electron chi connectivity index (χ2n) is 9.40. The van der Waals surface area contributed by atoms with Crippen LogP contribution >= 0.6 is 0 Å². The first-order valence-corrected chi connectivity index (χ1v) is 12.8. The van der Waals surface area contributed by atoms with Crippen molar-refractivity contribution in [3.8, 4) is 0 Å². The number of carboxylic acid groups (broad SMARTS) is 1. The van der Waals surface area contributed by atoms with Crippen LogP contribution in [0, 0.1) is 0 Å². The van der Waals surface area contributed by atoms with Crippen molar-refractivity contribution in [3.63, 3.8) is 0 Å². The van der Waals surface area contributed by atoms with Crippen LogP contribution in [-0.2, 0) is 30.4 Å². The number of aliphatic carboxylic acids is 1. The van der Waals surface area contributed by atoms with E-state index in [1.165, 1.54) is 4.90 Å². The van der Waals surface area contributed by atoms with E-state index in [2.05, 4.69) is 15.6 Å². The van der Waals surface area contributed by atoms with Crippen LogP contribution in [0.1, 0.15) is 44.1 Å². The molecule has 4 atom stereocenters. The van der Waals surface area contributed by atoms with Crippen molar-refractivity contribution in [1.82, 2.24) is 15.5 Å². The molecule has 14 heteroatoms. The Bertz CT molecular complexity index is 1050. The van der Waals surface area contributed by atoms with Crippen LogP contribution in [0.15, 0.2) is 35.3 Å². The first-order valence-electron chi connectivity index (χ1n) is 12.8. The number of nitrogens with one attached hydrogen (secondary N) is 2. The van der Waals surface area contributed by atoms with Crippen LogP contribution in [0.25, 0.3) is 0 Å². The van der Waals surface area contributed by atoms with Crippen molar-refractivity contribution in [3.05, 3.63) is 35.9 Å². The fourth-order valence-electron chi connectivity index (χ4n) is 4.29. The smallest absolute Gasteiger partial charge is 0.326 e. The second-order valence-corrected chi connectivity index (χ2v) is 9.40. The number of likely N-dealkylation sites (tertiary alicyclic amines) is 1. The van der Waals surface area contributed by atoms with E-state index in [4.69, 9.17) is 22.9 Å². The second kappa shape index (κ2) is 15.3. The summed E-state index contributed by atoms with van der Waals surface area (Å²) in [6.07, 6.45) is 1.33. The summed E-state index contributed by atoms with van der Waals surface area (Å²) >= 11 is 0. The lowest BCUT2D eigenvalue weighted by Gasteiger charge is -2.30. The third-order valence-corrected chi connectivity index (χ3v) is 6.33. The zero-order chi connectivity index (χ0) is 28.9. The number of primary amides is 1. The van der Waals surface area contributed by atoms with Crippen molar-refractivity contribution in [2.45, 2.75) is 69.1 Å². The maximum atomic E-state index is 13.7. The number of hydrogen-bond donors (Lipinski definition) is 7. The molecule has 0 aliphatic carbocycles. The maximum Gasteiger partial charge on any atom is 0.326 e. The first-order chi connectivity index (χ1) is 18.5. The van der Waals surface area contributed by atoms with Crippen LogP contribution in [0.2, 0.25) is 0 Å². The molecule has 1 aliphatic rings. The summed E-state index contributed by atoms with van der Waals surface area (Å²) in [5.74, 6) is -3.74. The number of rotatable bonds is 15. The molecular weight excluding hydrogens is 508 g/mol. The molecule has 1 heterocycles. The average molecular weight is 547 g/mol. The van der Waals surface area contributed by atoms with E-state index in [0.717, 1.165) is 5.56 Å². The van der Waals surface area contributed by atoms with Gasteiger partial charge in [-0.05, 0) is 37.7 Å². The van der Waals surface area contributed by atoms with Crippen molar-refractivity contribution < 1.29 is 29.1 Å². The molecule has 4 amide bonds. The van der Waals surface area contributed by atoms with Gasteiger partial charge in [-0.2, -0.15) is 0 Å². The van der Waals surface area contributed by atoms with Gasteiger partial charge in [0.25, 0.3) is 0 Å². The lowest BCUT2D eigenvalue weighted by atomic mass is 10.0. The largest absolute Gasteiger partial charge is 0.480 e. The molecule has 2 rings (SSSR count). The van der Waals surface area contributed by atoms with Gasteiger partial charge in [0.2, 0.25) is 23.6 Å². The van der Waals surface area contributed by atoms with Crippen molar-refractivity contribution in [2.75, 3.05) is 13.1 Å². The Morgan fingerprint density at radius 3 is 2.33 bits per heavy atom. The van der Waals surface area contributed by atoms with Crippen LogP contribution in [0.4, 0.5) is 0 Å². The molecular formula is C25H38N8O6. The molecule has 1 fully saturated rings. The number of nitrogens with two attached hydrogens (primary N) is 4. The summed E-state index contributed by atoms with van der Waals surface area (Å²) in [6.45, 7) is 0.554. The van der Waals surface area contributed by atoms with Gasteiger partial charge in [0.05, 0.1) is 6.04 Å². The summed E-state index contributed by atoms with van der Waals surface area (Å²) in [7, 11) is 0. The SMILES string of the molecule is NC(=O)CCC(NC(=O)C1CCCN1C(=O)C(Cc1ccccc1)NC(=O)C(N)CCCN=C(N)N)C(=O)O. The molecule has 0 saturated carbocycles. The fourth-order valence-corrected chi connectivity index (χ4v) is 4.29. The number of carbonyl (C=O) groups excluding carboxylic acids is 4. The summed E-state index contributed by atoms with van der Waals surface area (Å²) in [5.41, 5.74) is 22.5. The lowest BCUT2D eigenvalue weighted by molar-refractivity contribution is -0.145. The molecule has 11 N–H and O–H groups in total. The number of benzene rings is 1. The molecule has 1 aromatic carbocycles. The first kappa shape index (κ1) is 31.0. The minimum atomic E-state index is -1.33. The minimum absolute atomic E-state index is 0.0618. The number of nitrogens with zero attached hydrogens (tertiary/aromatic N) is 2. The van der Waals surface area contributed by atoms with Gasteiger partial charge in [-0.15, -0.1) is 0 Å². The Kier molecular flexibility index (Phi) is 12.1. The van der Waals surface area contributed by atoms with Gasteiger partial charge in [-0.1, -0.05) is 30.3 Å². The molecule has 14 nitrogen and oxygen atoms in total. The number of carbonyl (C=O) groups is 5. The van der Waals surface area contributed by atoms with Crippen molar-refractivity contribution in [1.29, 1.82) is 0 Å². The molecule has 1 saturated heterocycles. The predicted molar refractivity (Wildman–Crippen MR) is 143 cm³/mol. The summed E-state index contributed by atoms with van der Waals surface area (Å²) < 4.78 is 0. The Morgan fingerprint density at radius 1 is 1.03 bits per heavy atom. The van der Waals surface area contributed by atoms with Gasteiger partial charge >= 0.3 is 5.97 Å². The molecule has 0 aromatic heterocycles. The number of guanidine groups is 1. The molecule has 0 bridgehead atoms. The summed E-state index contributed by atoms with van der Waals surface area (Å²) in [5, 5.41) is 14.6. The standard InChI is InChI=1S/C25H38N8O6/c26-16(8-4-12-30-25(28)29)21(35)32-18(14-15-6-2-1-3-7-15)23(37)33-13-5-9-19(33)22(36)31-17(24(38)39)10-11-20(27)34/h1-3,6-7,16-19H,4-5,8-14,26H2,(H2,27,34)(H,31,36)(H,32,35)(H,38,39)(H4,28,29,30). The molecule has 0 radical (unpaired) electrons. The fraction of sp³-hybridized carbons (Fsp3) is 0.520. The molecule has 1 aromatic rings. The zero-order valence-corrected chi connectivity index (χ0v) is 21.8.